The Bertz CT molecular complexity index is 293. The first-order chi connectivity index (χ1) is 7.88. The lowest BCUT2D eigenvalue weighted by Crippen LogP contribution is -2.43. The molecule has 2 rings (SSSR count). The van der Waals surface area contributed by atoms with Crippen molar-refractivity contribution in [3.8, 4) is 0 Å². The predicted octanol–water partition coefficient (Wildman–Crippen LogP) is 2.39. The van der Waals surface area contributed by atoms with Gasteiger partial charge in [0.05, 0.1) is 6.10 Å². The SMILES string of the molecule is CNC1CC(OCCCc2ccccc2)C1. The van der Waals surface area contributed by atoms with Crippen LogP contribution in [0.4, 0.5) is 0 Å². The van der Waals surface area contributed by atoms with E-state index in [1.54, 1.807) is 0 Å². The average molecular weight is 219 g/mol. The van der Waals surface area contributed by atoms with E-state index >= 15 is 0 Å². The van der Waals surface area contributed by atoms with Crippen LogP contribution >= 0.6 is 0 Å². The number of hydrogen-bond donors (Lipinski definition) is 1. The topological polar surface area (TPSA) is 21.3 Å². The number of aryl methyl sites for hydroxylation is 1. The summed E-state index contributed by atoms with van der Waals surface area (Å²) in [5.41, 5.74) is 1.41. The van der Waals surface area contributed by atoms with E-state index in [9.17, 15) is 0 Å². The summed E-state index contributed by atoms with van der Waals surface area (Å²) in [5.74, 6) is 0. The highest BCUT2D eigenvalue weighted by Gasteiger charge is 2.27. The Morgan fingerprint density at radius 1 is 1.25 bits per heavy atom. The molecule has 1 saturated carbocycles. The summed E-state index contributed by atoms with van der Waals surface area (Å²) in [5, 5.41) is 3.27. The number of rotatable bonds is 6. The van der Waals surface area contributed by atoms with Gasteiger partial charge in [0.2, 0.25) is 0 Å². The number of nitrogens with one attached hydrogen (secondary N) is 1. The van der Waals surface area contributed by atoms with Gasteiger partial charge in [0.25, 0.3) is 0 Å². The maximum absolute atomic E-state index is 5.79. The van der Waals surface area contributed by atoms with Crippen LogP contribution in [0.2, 0.25) is 0 Å². The summed E-state index contributed by atoms with van der Waals surface area (Å²) in [4.78, 5) is 0. The first-order valence-corrected chi connectivity index (χ1v) is 6.21. The second-order valence-corrected chi connectivity index (χ2v) is 4.54. The second kappa shape index (κ2) is 6.02. The minimum absolute atomic E-state index is 0.508. The van der Waals surface area contributed by atoms with Gasteiger partial charge >= 0.3 is 0 Å². The lowest BCUT2D eigenvalue weighted by molar-refractivity contribution is -0.0155. The molecule has 1 aliphatic rings. The fourth-order valence-corrected chi connectivity index (χ4v) is 2.11. The summed E-state index contributed by atoms with van der Waals surface area (Å²) >= 11 is 0. The Balaban J connectivity index is 1.53. The third-order valence-electron chi connectivity index (χ3n) is 3.31. The fourth-order valence-electron chi connectivity index (χ4n) is 2.11. The molecule has 0 bridgehead atoms. The molecule has 0 atom stereocenters. The Hall–Kier alpha value is -0.860. The molecule has 2 heteroatoms. The molecule has 1 fully saturated rings. The normalized spacial score (nSPS) is 24.1. The van der Waals surface area contributed by atoms with E-state index in [2.05, 4.69) is 35.6 Å². The molecule has 0 amide bonds. The third kappa shape index (κ3) is 3.32. The summed E-state index contributed by atoms with van der Waals surface area (Å²) < 4.78 is 5.79. The highest BCUT2D eigenvalue weighted by molar-refractivity contribution is 5.14. The van der Waals surface area contributed by atoms with Crippen LogP contribution in [0.1, 0.15) is 24.8 Å². The van der Waals surface area contributed by atoms with Crippen molar-refractivity contribution in [3.63, 3.8) is 0 Å². The molecule has 2 nitrogen and oxygen atoms in total. The summed E-state index contributed by atoms with van der Waals surface area (Å²) in [6, 6.07) is 11.3. The van der Waals surface area contributed by atoms with Gasteiger partial charge in [-0.1, -0.05) is 30.3 Å². The van der Waals surface area contributed by atoms with Gasteiger partial charge in [0.15, 0.2) is 0 Å². The van der Waals surface area contributed by atoms with Crippen LogP contribution in [-0.2, 0) is 11.2 Å². The van der Waals surface area contributed by atoms with Crippen molar-refractivity contribution in [2.75, 3.05) is 13.7 Å². The fraction of sp³-hybridized carbons (Fsp3) is 0.571. The molecular weight excluding hydrogens is 198 g/mol. The molecule has 0 radical (unpaired) electrons. The minimum atomic E-state index is 0.508. The van der Waals surface area contributed by atoms with Gasteiger partial charge in [0, 0.05) is 12.6 Å². The molecule has 16 heavy (non-hydrogen) atoms. The predicted molar refractivity (Wildman–Crippen MR) is 66.6 cm³/mol. The molecular formula is C14H21NO. The Morgan fingerprint density at radius 3 is 2.69 bits per heavy atom. The Morgan fingerprint density at radius 2 is 2.00 bits per heavy atom. The summed E-state index contributed by atoms with van der Waals surface area (Å²) in [6.07, 6.45) is 5.13. The second-order valence-electron chi connectivity index (χ2n) is 4.54. The lowest BCUT2D eigenvalue weighted by Gasteiger charge is -2.34. The number of benzene rings is 1. The average Bonchev–Trinajstić information content (AvgIpc) is 2.28. The highest BCUT2D eigenvalue weighted by Crippen LogP contribution is 2.22. The van der Waals surface area contributed by atoms with E-state index < -0.39 is 0 Å². The van der Waals surface area contributed by atoms with Crippen LogP contribution in [0.3, 0.4) is 0 Å². The standard InChI is InChI=1S/C14H21NO/c1-15-13-10-14(11-13)16-9-5-8-12-6-3-2-4-7-12/h2-4,6-7,13-15H,5,8-11H2,1H3. The van der Waals surface area contributed by atoms with Crippen LogP contribution < -0.4 is 5.32 Å². The van der Waals surface area contributed by atoms with Crippen LogP contribution in [0.15, 0.2) is 30.3 Å². The van der Waals surface area contributed by atoms with Crippen LogP contribution in [0.25, 0.3) is 0 Å². The van der Waals surface area contributed by atoms with E-state index in [1.165, 1.54) is 18.4 Å². The van der Waals surface area contributed by atoms with Gasteiger partial charge in [-0.05, 0) is 38.3 Å². The van der Waals surface area contributed by atoms with E-state index in [0.717, 1.165) is 19.4 Å². The molecule has 1 aromatic rings. The van der Waals surface area contributed by atoms with Gasteiger partial charge in [-0.2, -0.15) is 0 Å². The molecule has 0 aromatic heterocycles. The largest absolute Gasteiger partial charge is 0.378 e. The zero-order valence-corrected chi connectivity index (χ0v) is 9.99. The van der Waals surface area contributed by atoms with Crippen molar-refractivity contribution in [3.05, 3.63) is 35.9 Å². The van der Waals surface area contributed by atoms with Crippen molar-refractivity contribution in [1.82, 2.24) is 5.32 Å². The van der Waals surface area contributed by atoms with E-state index in [4.69, 9.17) is 4.74 Å². The zero-order valence-electron chi connectivity index (χ0n) is 9.99. The minimum Gasteiger partial charge on any atom is -0.378 e. The zero-order chi connectivity index (χ0) is 11.2. The van der Waals surface area contributed by atoms with Gasteiger partial charge < -0.3 is 10.1 Å². The maximum atomic E-state index is 5.79. The molecule has 0 aliphatic heterocycles. The highest BCUT2D eigenvalue weighted by atomic mass is 16.5. The van der Waals surface area contributed by atoms with Crippen molar-refractivity contribution in [2.45, 2.75) is 37.8 Å². The van der Waals surface area contributed by atoms with Crippen molar-refractivity contribution in [2.24, 2.45) is 0 Å². The third-order valence-corrected chi connectivity index (χ3v) is 3.31. The maximum Gasteiger partial charge on any atom is 0.0604 e. The van der Waals surface area contributed by atoms with Gasteiger partial charge in [0.1, 0.15) is 0 Å². The van der Waals surface area contributed by atoms with Crippen molar-refractivity contribution in [1.29, 1.82) is 0 Å². The van der Waals surface area contributed by atoms with E-state index in [0.29, 0.717) is 12.1 Å². The monoisotopic (exact) mass is 219 g/mol. The molecule has 1 aliphatic carbocycles. The molecule has 0 unspecified atom stereocenters. The van der Waals surface area contributed by atoms with Gasteiger partial charge in [-0.3, -0.25) is 0 Å². The quantitative estimate of drug-likeness (QED) is 0.742. The molecule has 1 aromatic carbocycles. The van der Waals surface area contributed by atoms with Crippen LogP contribution in [0.5, 0.6) is 0 Å². The summed E-state index contributed by atoms with van der Waals surface area (Å²) in [7, 11) is 2.02. The molecule has 0 spiro atoms. The van der Waals surface area contributed by atoms with Crippen LogP contribution in [0, 0.1) is 0 Å². The Kier molecular flexibility index (Phi) is 4.37. The van der Waals surface area contributed by atoms with Crippen molar-refractivity contribution >= 4 is 0 Å². The van der Waals surface area contributed by atoms with Gasteiger partial charge in [-0.25, -0.2) is 0 Å². The number of ether oxygens (including phenoxy) is 1. The first-order valence-electron chi connectivity index (χ1n) is 6.21. The summed E-state index contributed by atoms with van der Waals surface area (Å²) in [6.45, 7) is 0.899. The number of hydrogen-bond acceptors (Lipinski definition) is 2. The molecule has 0 saturated heterocycles. The molecule has 0 heterocycles. The van der Waals surface area contributed by atoms with E-state index in [-0.39, 0.29) is 0 Å². The molecule has 88 valence electrons. The van der Waals surface area contributed by atoms with Crippen LogP contribution in [-0.4, -0.2) is 25.8 Å². The Labute approximate surface area is 98.0 Å². The lowest BCUT2D eigenvalue weighted by atomic mass is 9.89. The smallest absolute Gasteiger partial charge is 0.0604 e. The van der Waals surface area contributed by atoms with E-state index in [1.807, 2.05) is 7.05 Å². The first kappa shape index (κ1) is 11.6. The van der Waals surface area contributed by atoms with Gasteiger partial charge in [-0.15, -0.1) is 0 Å². The molecule has 1 N–H and O–H groups in total. The van der Waals surface area contributed by atoms with Crippen molar-refractivity contribution < 1.29 is 4.74 Å².